The molecule has 0 unspecified atom stereocenters. The molecule has 1 heterocycles. The van der Waals surface area contributed by atoms with Gasteiger partial charge in [0.1, 0.15) is 19.0 Å². The first-order valence-electron chi connectivity index (χ1n) is 5.49. The number of methoxy groups -OCH3 is 1. The second kappa shape index (κ2) is 5.97. The van der Waals surface area contributed by atoms with Gasteiger partial charge in [0, 0.05) is 0 Å². The Balaban J connectivity index is 1.93. The van der Waals surface area contributed by atoms with E-state index >= 15 is 0 Å². The minimum Gasteiger partial charge on any atom is -0.497 e. The lowest BCUT2D eigenvalue weighted by Gasteiger charge is -2.06. The SMILES string of the molecule is COc1ccc(COc2cnc(CO)nc2)cc1. The molecule has 0 bridgehead atoms. The molecule has 1 aromatic carbocycles. The van der Waals surface area contributed by atoms with Gasteiger partial charge in [-0.1, -0.05) is 12.1 Å². The molecular formula is C13H14N2O3. The van der Waals surface area contributed by atoms with E-state index in [0.29, 0.717) is 18.2 Å². The van der Waals surface area contributed by atoms with E-state index in [1.54, 1.807) is 19.5 Å². The zero-order chi connectivity index (χ0) is 12.8. The van der Waals surface area contributed by atoms with Crippen LogP contribution in [-0.4, -0.2) is 22.2 Å². The summed E-state index contributed by atoms with van der Waals surface area (Å²) in [6.45, 7) is 0.268. The van der Waals surface area contributed by atoms with E-state index in [2.05, 4.69) is 9.97 Å². The Morgan fingerprint density at radius 3 is 2.28 bits per heavy atom. The predicted molar refractivity (Wildman–Crippen MR) is 65.3 cm³/mol. The summed E-state index contributed by atoms with van der Waals surface area (Å²) >= 11 is 0. The van der Waals surface area contributed by atoms with Gasteiger partial charge in [0.15, 0.2) is 11.6 Å². The van der Waals surface area contributed by atoms with Crippen molar-refractivity contribution in [2.24, 2.45) is 0 Å². The molecule has 0 amide bonds. The Hall–Kier alpha value is -2.14. The predicted octanol–water partition coefficient (Wildman–Crippen LogP) is 1.56. The number of aliphatic hydroxyl groups is 1. The van der Waals surface area contributed by atoms with Crippen LogP contribution in [0, 0.1) is 0 Å². The summed E-state index contributed by atoms with van der Waals surface area (Å²) < 4.78 is 10.6. The molecule has 0 aliphatic rings. The van der Waals surface area contributed by atoms with Gasteiger partial charge in [-0.15, -0.1) is 0 Å². The van der Waals surface area contributed by atoms with Crippen LogP contribution in [0.5, 0.6) is 11.5 Å². The van der Waals surface area contributed by atoms with Crippen molar-refractivity contribution in [3.63, 3.8) is 0 Å². The molecule has 0 saturated carbocycles. The molecule has 5 nitrogen and oxygen atoms in total. The maximum absolute atomic E-state index is 8.81. The number of nitrogens with zero attached hydrogens (tertiary/aromatic N) is 2. The standard InChI is InChI=1S/C13H14N2O3/c1-17-11-4-2-10(3-5-11)9-18-12-6-14-13(8-16)15-7-12/h2-7,16H,8-9H2,1H3. The van der Waals surface area contributed by atoms with E-state index in [-0.39, 0.29) is 6.61 Å². The van der Waals surface area contributed by atoms with Crippen molar-refractivity contribution < 1.29 is 14.6 Å². The Kier molecular flexibility index (Phi) is 4.09. The molecule has 0 atom stereocenters. The first-order valence-corrected chi connectivity index (χ1v) is 5.49. The van der Waals surface area contributed by atoms with Crippen molar-refractivity contribution in [1.82, 2.24) is 9.97 Å². The summed E-state index contributed by atoms with van der Waals surface area (Å²) in [5, 5.41) is 8.81. The number of aliphatic hydroxyl groups excluding tert-OH is 1. The fourth-order valence-electron chi connectivity index (χ4n) is 1.39. The number of rotatable bonds is 5. The van der Waals surface area contributed by atoms with Gasteiger partial charge in [-0.05, 0) is 17.7 Å². The average Bonchev–Trinajstić information content (AvgIpc) is 2.46. The van der Waals surface area contributed by atoms with Crippen LogP contribution >= 0.6 is 0 Å². The molecule has 0 radical (unpaired) electrons. The summed E-state index contributed by atoms with van der Waals surface area (Å²) in [5.74, 6) is 1.77. The zero-order valence-corrected chi connectivity index (χ0v) is 10.0. The molecule has 94 valence electrons. The molecule has 0 saturated heterocycles. The minimum absolute atomic E-state index is 0.168. The highest BCUT2D eigenvalue weighted by Gasteiger charge is 1.99. The molecule has 2 rings (SSSR count). The summed E-state index contributed by atoms with van der Waals surface area (Å²) in [5.41, 5.74) is 1.03. The fraction of sp³-hybridized carbons (Fsp3) is 0.231. The van der Waals surface area contributed by atoms with Crippen molar-refractivity contribution in [3.8, 4) is 11.5 Å². The van der Waals surface area contributed by atoms with Crippen LogP contribution < -0.4 is 9.47 Å². The van der Waals surface area contributed by atoms with Gasteiger partial charge in [0.25, 0.3) is 0 Å². The lowest BCUT2D eigenvalue weighted by atomic mass is 10.2. The summed E-state index contributed by atoms with van der Waals surface area (Å²) in [7, 11) is 1.63. The second-order valence-electron chi connectivity index (χ2n) is 3.63. The van der Waals surface area contributed by atoms with Crippen molar-refractivity contribution in [3.05, 3.63) is 48.0 Å². The van der Waals surface area contributed by atoms with E-state index in [1.165, 1.54) is 0 Å². The van der Waals surface area contributed by atoms with E-state index in [1.807, 2.05) is 24.3 Å². The van der Waals surface area contributed by atoms with Crippen molar-refractivity contribution in [2.45, 2.75) is 13.2 Å². The van der Waals surface area contributed by atoms with Gasteiger partial charge in [-0.2, -0.15) is 0 Å². The number of benzene rings is 1. The van der Waals surface area contributed by atoms with E-state index < -0.39 is 0 Å². The molecule has 18 heavy (non-hydrogen) atoms. The molecule has 1 N–H and O–H groups in total. The third-order valence-electron chi connectivity index (χ3n) is 2.39. The van der Waals surface area contributed by atoms with Crippen molar-refractivity contribution in [1.29, 1.82) is 0 Å². The van der Waals surface area contributed by atoms with Crippen LogP contribution in [-0.2, 0) is 13.2 Å². The Morgan fingerprint density at radius 1 is 1.06 bits per heavy atom. The van der Waals surface area contributed by atoms with E-state index in [0.717, 1.165) is 11.3 Å². The van der Waals surface area contributed by atoms with Gasteiger partial charge in [-0.25, -0.2) is 9.97 Å². The number of aromatic nitrogens is 2. The number of ether oxygens (including phenoxy) is 2. The fourth-order valence-corrected chi connectivity index (χ4v) is 1.39. The van der Waals surface area contributed by atoms with Gasteiger partial charge < -0.3 is 14.6 Å². The molecule has 0 fully saturated rings. The molecule has 2 aromatic rings. The third kappa shape index (κ3) is 3.18. The lowest BCUT2D eigenvalue weighted by Crippen LogP contribution is -1.99. The first kappa shape index (κ1) is 12.3. The summed E-state index contributed by atoms with van der Waals surface area (Å²) in [6, 6.07) is 7.62. The number of hydrogen-bond acceptors (Lipinski definition) is 5. The highest BCUT2D eigenvalue weighted by Crippen LogP contribution is 2.14. The van der Waals surface area contributed by atoms with Crippen LogP contribution in [0.2, 0.25) is 0 Å². The second-order valence-corrected chi connectivity index (χ2v) is 3.63. The van der Waals surface area contributed by atoms with Crippen LogP contribution in [0.25, 0.3) is 0 Å². The van der Waals surface area contributed by atoms with Crippen molar-refractivity contribution >= 4 is 0 Å². The summed E-state index contributed by atoms with van der Waals surface area (Å²) in [6.07, 6.45) is 3.09. The normalized spacial score (nSPS) is 10.1. The third-order valence-corrected chi connectivity index (χ3v) is 2.39. The van der Waals surface area contributed by atoms with Crippen LogP contribution in [0.4, 0.5) is 0 Å². The Morgan fingerprint density at radius 2 is 1.72 bits per heavy atom. The molecule has 0 aliphatic carbocycles. The Bertz CT molecular complexity index is 435. The monoisotopic (exact) mass is 246 g/mol. The summed E-state index contributed by atoms with van der Waals surface area (Å²) in [4.78, 5) is 7.86. The van der Waals surface area contributed by atoms with Crippen LogP contribution in [0.15, 0.2) is 36.7 Å². The first-order chi connectivity index (χ1) is 8.81. The van der Waals surface area contributed by atoms with Crippen molar-refractivity contribution in [2.75, 3.05) is 7.11 Å². The number of hydrogen-bond donors (Lipinski definition) is 1. The highest BCUT2D eigenvalue weighted by molar-refractivity contribution is 5.27. The van der Waals surface area contributed by atoms with Gasteiger partial charge >= 0.3 is 0 Å². The average molecular weight is 246 g/mol. The topological polar surface area (TPSA) is 64.5 Å². The minimum atomic E-state index is -0.168. The van der Waals surface area contributed by atoms with Gasteiger partial charge in [-0.3, -0.25) is 0 Å². The zero-order valence-electron chi connectivity index (χ0n) is 10.0. The van der Waals surface area contributed by atoms with E-state index in [4.69, 9.17) is 14.6 Å². The Labute approximate surface area is 105 Å². The molecular weight excluding hydrogens is 232 g/mol. The molecule has 5 heteroatoms. The van der Waals surface area contributed by atoms with E-state index in [9.17, 15) is 0 Å². The van der Waals surface area contributed by atoms with Crippen LogP contribution in [0.1, 0.15) is 11.4 Å². The molecule has 0 spiro atoms. The smallest absolute Gasteiger partial charge is 0.156 e. The largest absolute Gasteiger partial charge is 0.497 e. The highest BCUT2D eigenvalue weighted by atomic mass is 16.5. The lowest BCUT2D eigenvalue weighted by molar-refractivity contribution is 0.268. The maximum atomic E-state index is 8.81. The van der Waals surface area contributed by atoms with Gasteiger partial charge in [0.2, 0.25) is 0 Å². The maximum Gasteiger partial charge on any atom is 0.156 e. The van der Waals surface area contributed by atoms with Crippen LogP contribution in [0.3, 0.4) is 0 Å². The molecule has 1 aromatic heterocycles. The van der Waals surface area contributed by atoms with Gasteiger partial charge in [0.05, 0.1) is 19.5 Å². The quantitative estimate of drug-likeness (QED) is 0.867. The molecule has 0 aliphatic heterocycles.